The van der Waals surface area contributed by atoms with Crippen LogP contribution in [0.4, 0.5) is 11.4 Å². The second kappa shape index (κ2) is 6.50. The number of esters is 1. The van der Waals surface area contributed by atoms with Gasteiger partial charge in [-0.05, 0) is 36.8 Å². The van der Waals surface area contributed by atoms with Crippen LogP contribution in [0.1, 0.15) is 28.9 Å². The molecule has 3 N–H and O–H groups in total. The third-order valence-corrected chi connectivity index (χ3v) is 3.56. The number of rotatable bonds is 4. The molecule has 0 radical (unpaired) electrons. The zero-order valence-electron chi connectivity index (χ0n) is 11.9. The highest BCUT2D eigenvalue weighted by molar-refractivity contribution is 6.31. The molecule has 1 unspecified atom stereocenters. The summed E-state index contributed by atoms with van der Waals surface area (Å²) in [6, 6.07) is 12.8. The quantitative estimate of drug-likeness (QED) is 0.664. The van der Waals surface area contributed by atoms with E-state index in [2.05, 4.69) is 5.32 Å². The predicted octanol–water partition coefficient (Wildman–Crippen LogP) is 3.88. The van der Waals surface area contributed by atoms with E-state index >= 15 is 0 Å². The van der Waals surface area contributed by atoms with Crippen LogP contribution in [0.5, 0.6) is 0 Å². The van der Waals surface area contributed by atoms with Crippen LogP contribution < -0.4 is 11.1 Å². The number of nitrogens with two attached hydrogens (primary N) is 1. The standard InChI is InChI=1S/C16H17ClN2O2/c1-10(12-5-3-4-6-14(12)17)19-11-7-8-15(18)13(9-11)16(20)21-2/h3-10,19H,18H2,1-2H3. The van der Waals surface area contributed by atoms with Crippen LogP contribution in [0, 0.1) is 0 Å². The molecule has 4 nitrogen and oxygen atoms in total. The maximum absolute atomic E-state index is 11.6. The van der Waals surface area contributed by atoms with Gasteiger partial charge in [-0.25, -0.2) is 4.79 Å². The second-order valence-corrected chi connectivity index (χ2v) is 5.09. The van der Waals surface area contributed by atoms with E-state index in [-0.39, 0.29) is 6.04 Å². The van der Waals surface area contributed by atoms with E-state index in [9.17, 15) is 4.79 Å². The molecule has 0 aromatic heterocycles. The maximum Gasteiger partial charge on any atom is 0.340 e. The Kier molecular flexibility index (Phi) is 4.70. The summed E-state index contributed by atoms with van der Waals surface area (Å²) >= 11 is 6.18. The second-order valence-electron chi connectivity index (χ2n) is 4.68. The van der Waals surface area contributed by atoms with Gasteiger partial charge < -0.3 is 15.8 Å². The molecule has 0 saturated heterocycles. The van der Waals surface area contributed by atoms with Crippen LogP contribution in [0.3, 0.4) is 0 Å². The molecule has 5 heteroatoms. The zero-order valence-corrected chi connectivity index (χ0v) is 12.6. The van der Waals surface area contributed by atoms with Gasteiger partial charge in [-0.15, -0.1) is 0 Å². The van der Waals surface area contributed by atoms with E-state index in [1.807, 2.05) is 37.3 Å². The largest absolute Gasteiger partial charge is 0.465 e. The van der Waals surface area contributed by atoms with Gasteiger partial charge in [0.15, 0.2) is 0 Å². The SMILES string of the molecule is COC(=O)c1cc(NC(C)c2ccccc2Cl)ccc1N. The summed E-state index contributed by atoms with van der Waals surface area (Å²) in [6.07, 6.45) is 0. The predicted molar refractivity (Wildman–Crippen MR) is 85.7 cm³/mol. The van der Waals surface area contributed by atoms with Crippen LogP contribution in [0.25, 0.3) is 0 Å². The van der Waals surface area contributed by atoms with E-state index in [1.165, 1.54) is 7.11 Å². The van der Waals surface area contributed by atoms with Gasteiger partial charge in [0.05, 0.1) is 12.7 Å². The van der Waals surface area contributed by atoms with Crippen LogP contribution in [0.2, 0.25) is 5.02 Å². The highest BCUT2D eigenvalue weighted by Gasteiger charge is 2.13. The van der Waals surface area contributed by atoms with Crippen molar-refractivity contribution in [3.8, 4) is 0 Å². The third-order valence-electron chi connectivity index (χ3n) is 3.21. The maximum atomic E-state index is 11.6. The summed E-state index contributed by atoms with van der Waals surface area (Å²) in [4.78, 5) is 11.6. The Hall–Kier alpha value is -2.20. The molecule has 110 valence electrons. The van der Waals surface area contributed by atoms with E-state index in [0.717, 1.165) is 11.3 Å². The fourth-order valence-corrected chi connectivity index (χ4v) is 2.39. The summed E-state index contributed by atoms with van der Waals surface area (Å²) in [6.45, 7) is 2.00. The van der Waals surface area contributed by atoms with Gasteiger partial charge in [-0.3, -0.25) is 0 Å². The van der Waals surface area contributed by atoms with Crippen molar-refractivity contribution in [2.75, 3.05) is 18.2 Å². The Morgan fingerprint density at radius 3 is 2.67 bits per heavy atom. The Morgan fingerprint density at radius 1 is 1.29 bits per heavy atom. The molecule has 0 saturated carbocycles. The number of nitrogens with one attached hydrogen (secondary N) is 1. The molecule has 0 fully saturated rings. The van der Waals surface area contributed by atoms with Crippen molar-refractivity contribution < 1.29 is 9.53 Å². The zero-order chi connectivity index (χ0) is 15.4. The lowest BCUT2D eigenvalue weighted by Crippen LogP contribution is -2.10. The number of methoxy groups -OCH3 is 1. The number of ether oxygens (including phenoxy) is 1. The topological polar surface area (TPSA) is 64.3 Å². The Morgan fingerprint density at radius 2 is 2.00 bits per heavy atom. The van der Waals surface area contributed by atoms with Crippen molar-refractivity contribution in [3.05, 3.63) is 58.6 Å². The van der Waals surface area contributed by atoms with E-state index in [1.54, 1.807) is 12.1 Å². The first-order valence-electron chi connectivity index (χ1n) is 6.51. The average molecular weight is 305 g/mol. The molecule has 0 aliphatic carbocycles. The number of hydrogen-bond acceptors (Lipinski definition) is 4. The number of nitrogen functional groups attached to an aromatic ring is 1. The van der Waals surface area contributed by atoms with E-state index in [4.69, 9.17) is 22.1 Å². The molecule has 0 amide bonds. The van der Waals surface area contributed by atoms with Gasteiger partial charge in [0.2, 0.25) is 0 Å². The van der Waals surface area contributed by atoms with Crippen molar-refractivity contribution in [3.63, 3.8) is 0 Å². The minimum Gasteiger partial charge on any atom is -0.465 e. The van der Waals surface area contributed by atoms with Crippen molar-refractivity contribution in [1.29, 1.82) is 0 Å². The highest BCUT2D eigenvalue weighted by Crippen LogP contribution is 2.27. The van der Waals surface area contributed by atoms with Gasteiger partial charge in [-0.1, -0.05) is 29.8 Å². The van der Waals surface area contributed by atoms with E-state index in [0.29, 0.717) is 16.3 Å². The monoisotopic (exact) mass is 304 g/mol. The molecule has 0 aliphatic rings. The van der Waals surface area contributed by atoms with Gasteiger partial charge in [0.25, 0.3) is 0 Å². The molecule has 0 heterocycles. The van der Waals surface area contributed by atoms with Crippen molar-refractivity contribution >= 4 is 28.9 Å². The molecule has 21 heavy (non-hydrogen) atoms. The van der Waals surface area contributed by atoms with Crippen LogP contribution in [-0.4, -0.2) is 13.1 Å². The van der Waals surface area contributed by atoms with Crippen molar-refractivity contribution in [2.45, 2.75) is 13.0 Å². The molecule has 2 rings (SSSR count). The number of benzene rings is 2. The summed E-state index contributed by atoms with van der Waals surface area (Å²) in [5.74, 6) is -0.457. The first-order chi connectivity index (χ1) is 10.0. The number of carbonyl (C=O) groups is 1. The lowest BCUT2D eigenvalue weighted by atomic mass is 10.1. The first-order valence-corrected chi connectivity index (χ1v) is 6.89. The molecule has 0 spiro atoms. The first kappa shape index (κ1) is 15.2. The average Bonchev–Trinajstić information content (AvgIpc) is 2.48. The van der Waals surface area contributed by atoms with Gasteiger partial charge in [0, 0.05) is 22.4 Å². The molecule has 2 aromatic carbocycles. The van der Waals surface area contributed by atoms with E-state index < -0.39 is 5.97 Å². The van der Waals surface area contributed by atoms with Crippen LogP contribution in [0.15, 0.2) is 42.5 Å². The van der Waals surface area contributed by atoms with Crippen molar-refractivity contribution in [1.82, 2.24) is 0 Å². The van der Waals surface area contributed by atoms with Gasteiger partial charge in [0.1, 0.15) is 0 Å². The molecule has 2 aromatic rings. The molecular formula is C16H17ClN2O2. The lowest BCUT2D eigenvalue weighted by Gasteiger charge is -2.18. The number of halogens is 1. The lowest BCUT2D eigenvalue weighted by molar-refractivity contribution is 0.0602. The fourth-order valence-electron chi connectivity index (χ4n) is 2.09. The Balaban J connectivity index is 2.24. The number of hydrogen-bond donors (Lipinski definition) is 2. The summed E-state index contributed by atoms with van der Waals surface area (Å²) in [5, 5.41) is 3.99. The Labute approximate surface area is 128 Å². The minimum atomic E-state index is -0.457. The molecule has 0 aliphatic heterocycles. The van der Waals surface area contributed by atoms with Gasteiger partial charge in [-0.2, -0.15) is 0 Å². The smallest absolute Gasteiger partial charge is 0.340 e. The Bertz CT molecular complexity index is 658. The number of carbonyl (C=O) groups excluding carboxylic acids is 1. The minimum absolute atomic E-state index is 0.00665. The molecular weight excluding hydrogens is 288 g/mol. The normalized spacial score (nSPS) is 11.8. The highest BCUT2D eigenvalue weighted by atomic mass is 35.5. The van der Waals surface area contributed by atoms with Crippen LogP contribution >= 0.6 is 11.6 Å². The summed E-state index contributed by atoms with van der Waals surface area (Å²) in [7, 11) is 1.33. The van der Waals surface area contributed by atoms with Crippen molar-refractivity contribution in [2.24, 2.45) is 0 Å². The molecule has 1 atom stereocenters. The summed E-state index contributed by atoms with van der Waals surface area (Å²) in [5.41, 5.74) is 8.27. The molecule has 0 bridgehead atoms. The van der Waals surface area contributed by atoms with Crippen LogP contribution in [-0.2, 0) is 4.74 Å². The number of anilines is 2. The fraction of sp³-hybridized carbons (Fsp3) is 0.188. The summed E-state index contributed by atoms with van der Waals surface area (Å²) < 4.78 is 4.71. The third kappa shape index (κ3) is 3.47. The van der Waals surface area contributed by atoms with Gasteiger partial charge >= 0.3 is 5.97 Å².